The van der Waals surface area contributed by atoms with E-state index in [0.29, 0.717) is 31.7 Å². The molecule has 2 fully saturated rings. The molecule has 0 unspecified atom stereocenters. The number of hydrogen-bond acceptors (Lipinski definition) is 5. The smallest absolute Gasteiger partial charge is 0.410 e. The molecule has 9 heteroatoms. The normalized spacial score (nSPS) is 25.0. The van der Waals surface area contributed by atoms with Crippen LogP contribution in [0.4, 0.5) is 13.2 Å². The van der Waals surface area contributed by atoms with Gasteiger partial charge in [0.1, 0.15) is 6.10 Å². The fourth-order valence-corrected chi connectivity index (χ4v) is 8.59. The van der Waals surface area contributed by atoms with Gasteiger partial charge in [-0.1, -0.05) is 41.0 Å². The summed E-state index contributed by atoms with van der Waals surface area (Å²) in [6, 6.07) is 2.59. The van der Waals surface area contributed by atoms with Crippen LogP contribution in [0.5, 0.6) is 0 Å². The molecule has 1 saturated carbocycles. The van der Waals surface area contributed by atoms with Crippen molar-refractivity contribution in [2.75, 3.05) is 13.2 Å². The Morgan fingerprint density at radius 2 is 1.71 bits per heavy atom. The molecule has 2 aromatic rings. The first-order valence-electron chi connectivity index (χ1n) is 15.6. The highest BCUT2D eigenvalue weighted by Gasteiger charge is 2.55. The molecule has 4 aliphatic rings. The van der Waals surface area contributed by atoms with Crippen molar-refractivity contribution in [2.45, 2.75) is 128 Å². The molecule has 4 heterocycles. The molecule has 0 N–H and O–H groups in total. The maximum Gasteiger partial charge on any atom is 0.417 e. The van der Waals surface area contributed by atoms with Crippen molar-refractivity contribution in [2.24, 2.45) is 5.41 Å². The van der Waals surface area contributed by atoms with Gasteiger partial charge in [-0.05, 0) is 72.8 Å². The van der Waals surface area contributed by atoms with Gasteiger partial charge in [0.25, 0.3) is 0 Å². The summed E-state index contributed by atoms with van der Waals surface area (Å²) in [6.07, 6.45) is 2.75. The fourth-order valence-electron chi connectivity index (χ4n) is 7.32. The highest BCUT2D eigenvalue weighted by molar-refractivity contribution is 6.74. The monoisotopic (exact) mass is 602 g/mol. The molecule has 2 aromatic heterocycles. The lowest BCUT2D eigenvalue weighted by molar-refractivity contribution is -0.138. The van der Waals surface area contributed by atoms with E-state index in [2.05, 4.69) is 52.7 Å². The summed E-state index contributed by atoms with van der Waals surface area (Å²) in [5.74, 6) is 0.110. The van der Waals surface area contributed by atoms with Crippen LogP contribution in [0.15, 0.2) is 18.3 Å². The molecule has 0 aromatic carbocycles. The predicted octanol–water partition coefficient (Wildman–Crippen LogP) is 8.92. The Morgan fingerprint density at radius 3 is 2.24 bits per heavy atom. The molecule has 0 amide bonds. The van der Waals surface area contributed by atoms with Gasteiger partial charge in [-0.3, -0.25) is 9.97 Å². The van der Waals surface area contributed by atoms with Crippen LogP contribution in [0.25, 0.3) is 0 Å². The van der Waals surface area contributed by atoms with Gasteiger partial charge in [0.15, 0.2) is 8.32 Å². The summed E-state index contributed by atoms with van der Waals surface area (Å²) >= 11 is 0. The number of alkyl halides is 3. The summed E-state index contributed by atoms with van der Waals surface area (Å²) in [4.78, 5) is 9.78. The van der Waals surface area contributed by atoms with Crippen molar-refractivity contribution in [1.29, 1.82) is 0 Å². The molecule has 2 aliphatic heterocycles. The molecule has 5 nitrogen and oxygen atoms in total. The van der Waals surface area contributed by atoms with Crippen molar-refractivity contribution in [3.8, 4) is 0 Å². The van der Waals surface area contributed by atoms with Gasteiger partial charge in [-0.15, -0.1) is 0 Å². The molecular formula is C33H45F3N2O3Si. The Hall–Kier alpha value is -1.81. The van der Waals surface area contributed by atoms with Gasteiger partial charge in [0.2, 0.25) is 0 Å². The number of rotatable bonds is 4. The van der Waals surface area contributed by atoms with E-state index >= 15 is 0 Å². The zero-order chi connectivity index (χ0) is 30.3. The summed E-state index contributed by atoms with van der Waals surface area (Å²) in [5.41, 5.74) is 4.81. The van der Waals surface area contributed by atoms with Crippen molar-refractivity contribution < 1.29 is 27.1 Å². The van der Waals surface area contributed by atoms with Crippen LogP contribution in [-0.4, -0.2) is 31.5 Å². The van der Waals surface area contributed by atoms with Crippen molar-refractivity contribution in [1.82, 2.24) is 9.97 Å². The Labute approximate surface area is 249 Å². The number of pyridine rings is 2. The minimum absolute atomic E-state index is 0.0470. The maximum atomic E-state index is 13.4. The summed E-state index contributed by atoms with van der Waals surface area (Å²) in [5, 5.41) is 0.0470. The molecule has 42 heavy (non-hydrogen) atoms. The predicted molar refractivity (Wildman–Crippen MR) is 158 cm³/mol. The average molecular weight is 603 g/mol. The highest BCUT2D eigenvalue weighted by atomic mass is 28.4. The van der Waals surface area contributed by atoms with Gasteiger partial charge >= 0.3 is 6.18 Å². The number of halogens is 3. The second-order valence-electron chi connectivity index (χ2n) is 15.0. The molecule has 230 valence electrons. The first-order chi connectivity index (χ1) is 19.6. The van der Waals surface area contributed by atoms with Gasteiger partial charge in [-0.2, -0.15) is 13.2 Å². The van der Waals surface area contributed by atoms with Gasteiger partial charge in [0.05, 0.1) is 23.0 Å². The summed E-state index contributed by atoms with van der Waals surface area (Å²) in [6.45, 7) is 16.9. The van der Waals surface area contributed by atoms with Crippen LogP contribution in [0.1, 0.15) is 131 Å². The van der Waals surface area contributed by atoms with E-state index in [1.807, 2.05) is 0 Å². The van der Waals surface area contributed by atoms with E-state index in [0.717, 1.165) is 42.1 Å². The third-order valence-electron chi connectivity index (χ3n) is 10.8. The molecule has 2 aliphatic carbocycles. The van der Waals surface area contributed by atoms with E-state index < -0.39 is 31.8 Å². The van der Waals surface area contributed by atoms with E-state index in [1.165, 1.54) is 36.5 Å². The molecular weight excluding hydrogens is 557 g/mol. The third kappa shape index (κ3) is 4.96. The lowest BCUT2D eigenvalue weighted by Gasteiger charge is -2.51. The quantitative estimate of drug-likeness (QED) is 0.327. The first-order valence-corrected chi connectivity index (χ1v) is 18.5. The second kappa shape index (κ2) is 10.1. The second-order valence-corrected chi connectivity index (χ2v) is 19.7. The molecule has 1 saturated heterocycles. The number of ether oxygens (including phenoxy) is 2. The molecule has 0 radical (unpaired) electrons. The van der Waals surface area contributed by atoms with Gasteiger partial charge < -0.3 is 13.9 Å². The van der Waals surface area contributed by atoms with Crippen molar-refractivity contribution in [3.63, 3.8) is 0 Å². The highest BCUT2D eigenvalue weighted by Crippen LogP contribution is 2.61. The van der Waals surface area contributed by atoms with E-state index in [9.17, 15) is 13.2 Å². The summed E-state index contributed by atoms with van der Waals surface area (Å²) < 4.78 is 60.5. The minimum Gasteiger partial charge on any atom is -0.410 e. The Bertz CT molecular complexity index is 1340. The molecule has 0 bridgehead atoms. The van der Waals surface area contributed by atoms with Crippen LogP contribution in [0, 0.1) is 5.41 Å². The lowest BCUT2D eigenvalue weighted by atomic mass is 9.58. The minimum atomic E-state index is -4.45. The third-order valence-corrected chi connectivity index (χ3v) is 15.3. The number of fused-ring (bicyclic) bond motifs is 4. The van der Waals surface area contributed by atoms with Crippen LogP contribution < -0.4 is 0 Å². The SMILES string of the molecule is CC(C)c1nc2c(c3c1[C@@H](c1ccc(C(F)(F)F)cn1)OC31CCOCC1)[C@@H](O[Si](C)(C)C(C)(C)C)CC1(CCC1)C2. The van der Waals surface area contributed by atoms with E-state index in [-0.39, 0.29) is 22.5 Å². The largest absolute Gasteiger partial charge is 0.417 e. The molecule has 2 atom stereocenters. The Balaban J connectivity index is 1.58. The zero-order valence-electron chi connectivity index (χ0n) is 26.1. The van der Waals surface area contributed by atoms with Crippen LogP contribution in [-0.2, 0) is 32.1 Å². The Morgan fingerprint density at radius 1 is 1.02 bits per heavy atom. The maximum absolute atomic E-state index is 13.4. The van der Waals surface area contributed by atoms with Crippen molar-refractivity contribution in [3.05, 3.63) is 57.7 Å². The van der Waals surface area contributed by atoms with Crippen LogP contribution in [0.3, 0.4) is 0 Å². The molecule has 2 spiro atoms. The van der Waals surface area contributed by atoms with Gasteiger partial charge in [0, 0.05) is 54.8 Å². The topological polar surface area (TPSA) is 53.5 Å². The Kier molecular flexibility index (Phi) is 7.27. The average Bonchev–Trinajstić information content (AvgIpc) is 3.20. The molecule has 6 rings (SSSR count). The zero-order valence-corrected chi connectivity index (χ0v) is 27.1. The van der Waals surface area contributed by atoms with E-state index in [1.54, 1.807) is 0 Å². The standard InChI is InChI=1S/C33H45F3N2O3Si/c1-20(2)28-26-27(25-23(38-28)17-31(11-8-12-31)18-24(25)41-42(6,7)30(3,4)5)32(13-15-39-16-14-32)40-29(26)22-10-9-21(19-37-22)33(34,35)36/h9-10,19-20,24,29H,8,11-18H2,1-7H3/t24-,29+/m0/s1. The fraction of sp³-hybridized carbons (Fsp3) is 0.697. The van der Waals surface area contributed by atoms with Crippen molar-refractivity contribution >= 4 is 8.32 Å². The summed E-state index contributed by atoms with van der Waals surface area (Å²) in [7, 11) is -2.16. The van der Waals surface area contributed by atoms with E-state index in [4.69, 9.17) is 18.9 Å². The van der Waals surface area contributed by atoms with Crippen LogP contribution in [0.2, 0.25) is 18.1 Å². The number of nitrogens with zero attached hydrogens (tertiary/aromatic N) is 2. The van der Waals surface area contributed by atoms with Gasteiger partial charge in [-0.25, -0.2) is 0 Å². The van der Waals surface area contributed by atoms with Crippen LogP contribution >= 0.6 is 0 Å². The number of aromatic nitrogens is 2. The lowest BCUT2D eigenvalue weighted by Crippen LogP contribution is -2.47. The first kappa shape index (κ1) is 30.2. The number of hydrogen-bond donors (Lipinski definition) is 0.